The molecule has 0 radical (unpaired) electrons. The van der Waals surface area contributed by atoms with E-state index in [0.29, 0.717) is 18.1 Å². The summed E-state index contributed by atoms with van der Waals surface area (Å²) in [5.74, 6) is 1.94. The molecular formula is C22H27N5O2. The first kappa shape index (κ1) is 17.6. The summed E-state index contributed by atoms with van der Waals surface area (Å²) >= 11 is 0. The number of hydrogen-bond donors (Lipinski definition) is 1. The largest absolute Gasteiger partial charge is 0.399 e. The van der Waals surface area contributed by atoms with Crippen molar-refractivity contribution in [2.75, 3.05) is 43.6 Å². The standard InChI is InChI=1S/C22H27N5O2/c23-15-3-1-14(2-4-15)21-24-20-9-26(18-12-29-13-18)8-7-19(20)22(25-21)27-16-5-6-17(27)11-28-10-16/h1-4,16-18H,5-13,23H2. The fourth-order valence-corrected chi connectivity index (χ4v) is 5.13. The SMILES string of the molecule is Nc1ccc(-c2nc3c(c(N4C5CCC4COC5)n2)CCN(C2COC2)C3)cc1. The van der Waals surface area contributed by atoms with E-state index in [4.69, 9.17) is 25.2 Å². The van der Waals surface area contributed by atoms with Gasteiger partial charge in [-0.05, 0) is 43.5 Å². The molecule has 6 rings (SSSR count). The third-order valence-electron chi connectivity index (χ3n) is 6.86. The van der Waals surface area contributed by atoms with Gasteiger partial charge in [-0.15, -0.1) is 0 Å². The first-order valence-corrected chi connectivity index (χ1v) is 10.7. The minimum absolute atomic E-state index is 0.435. The van der Waals surface area contributed by atoms with E-state index in [-0.39, 0.29) is 0 Å². The van der Waals surface area contributed by atoms with E-state index in [9.17, 15) is 0 Å². The fourth-order valence-electron chi connectivity index (χ4n) is 5.13. The number of ether oxygens (including phenoxy) is 2. The van der Waals surface area contributed by atoms with Gasteiger partial charge in [0.2, 0.25) is 0 Å². The second kappa shape index (κ2) is 6.93. The molecule has 0 aliphatic carbocycles. The van der Waals surface area contributed by atoms with E-state index < -0.39 is 0 Å². The van der Waals surface area contributed by atoms with E-state index >= 15 is 0 Å². The van der Waals surface area contributed by atoms with E-state index in [2.05, 4.69) is 9.80 Å². The van der Waals surface area contributed by atoms with Gasteiger partial charge in [0.05, 0.1) is 50.2 Å². The zero-order valence-electron chi connectivity index (χ0n) is 16.6. The zero-order valence-corrected chi connectivity index (χ0v) is 16.6. The third-order valence-corrected chi connectivity index (χ3v) is 6.86. The Morgan fingerprint density at radius 3 is 2.28 bits per heavy atom. The summed E-state index contributed by atoms with van der Waals surface area (Å²) in [6.07, 6.45) is 3.37. The molecule has 2 atom stereocenters. The topological polar surface area (TPSA) is 76.7 Å². The molecule has 152 valence electrons. The van der Waals surface area contributed by atoms with Crippen molar-refractivity contribution in [3.8, 4) is 11.4 Å². The van der Waals surface area contributed by atoms with Crippen LogP contribution in [0.15, 0.2) is 24.3 Å². The van der Waals surface area contributed by atoms with Gasteiger partial charge in [-0.25, -0.2) is 9.97 Å². The van der Waals surface area contributed by atoms with Crippen molar-refractivity contribution in [1.29, 1.82) is 0 Å². The number of anilines is 2. The number of rotatable bonds is 3. The monoisotopic (exact) mass is 393 g/mol. The average molecular weight is 393 g/mol. The lowest BCUT2D eigenvalue weighted by atomic mass is 10.0. The lowest BCUT2D eigenvalue weighted by Crippen LogP contribution is -2.51. The summed E-state index contributed by atoms with van der Waals surface area (Å²) in [4.78, 5) is 15.2. The Balaban J connectivity index is 1.44. The Bertz CT molecular complexity index is 898. The second-order valence-corrected chi connectivity index (χ2v) is 8.66. The molecule has 0 saturated carbocycles. The van der Waals surface area contributed by atoms with Crippen LogP contribution in [0.25, 0.3) is 11.4 Å². The maximum atomic E-state index is 5.90. The molecule has 7 nitrogen and oxygen atoms in total. The van der Waals surface area contributed by atoms with E-state index in [1.807, 2.05) is 24.3 Å². The van der Waals surface area contributed by atoms with Gasteiger partial charge in [-0.1, -0.05) is 0 Å². The summed E-state index contributed by atoms with van der Waals surface area (Å²) in [5, 5.41) is 0. The summed E-state index contributed by atoms with van der Waals surface area (Å²) < 4.78 is 11.3. The van der Waals surface area contributed by atoms with Crippen LogP contribution in [0.4, 0.5) is 11.5 Å². The maximum absolute atomic E-state index is 5.90. The highest BCUT2D eigenvalue weighted by molar-refractivity contribution is 5.64. The number of nitrogen functional groups attached to an aromatic ring is 1. The molecule has 0 spiro atoms. The van der Waals surface area contributed by atoms with Crippen LogP contribution in [-0.4, -0.2) is 66.0 Å². The van der Waals surface area contributed by atoms with Crippen molar-refractivity contribution in [3.63, 3.8) is 0 Å². The highest BCUT2D eigenvalue weighted by atomic mass is 16.5. The number of nitrogens with zero attached hydrogens (tertiary/aromatic N) is 4. The van der Waals surface area contributed by atoms with Crippen molar-refractivity contribution in [3.05, 3.63) is 35.5 Å². The summed E-state index contributed by atoms with van der Waals surface area (Å²) in [6.45, 7) is 5.21. The highest BCUT2D eigenvalue weighted by Crippen LogP contribution is 2.38. The molecule has 29 heavy (non-hydrogen) atoms. The molecule has 7 heteroatoms. The second-order valence-electron chi connectivity index (χ2n) is 8.66. The molecule has 2 bridgehead atoms. The number of hydrogen-bond acceptors (Lipinski definition) is 7. The Morgan fingerprint density at radius 2 is 1.59 bits per heavy atom. The minimum Gasteiger partial charge on any atom is -0.399 e. The quantitative estimate of drug-likeness (QED) is 0.798. The van der Waals surface area contributed by atoms with E-state index in [1.165, 1.54) is 24.1 Å². The third kappa shape index (κ3) is 2.99. The summed E-state index contributed by atoms with van der Waals surface area (Å²) in [7, 11) is 0. The lowest BCUT2D eigenvalue weighted by Gasteiger charge is -2.42. The van der Waals surface area contributed by atoms with Crippen LogP contribution in [0.1, 0.15) is 24.1 Å². The Kier molecular flexibility index (Phi) is 4.21. The van der Waals surface area contributed by atoms with Crippen LogP contribution < -0.4 is 10.6 Å². The van der Waals surface area contributed by atoms with Crippen molar-refractivity contribution in [2.24, 2.45) is 0 Å². The maximum Gasteiger partial charge on any atom is 0.161 e. The van der Waals surface area contributed by atoms with E-state index in [0.717, 1.165) is 68.8 Å². The van der Waals surface area contributed by atoms with Crippen LogP contribution in [0.3, 0.4) is 0 Å². The molecule has 2 N–H and O–H groups in total. The Labute approximate surface area is 170 Å². The van der Waals surface area contributed by atoms with Gasteiger partial charge in [0.25, 0.3) is 0 Å². The average Bonchev–Trinajstić information content (AvgIpc) is 2.94. The molecule has 1 aromatic heterocycles. The summed E-state index contributed by atoms with van der Waals surface area (Å²) in [5.41, 5.74) is 10.2. The van der Waals surface area contributed by atoms with Crippen molar-refractivity contribution in [2.45, 2.75) is 43.9 Å². The lowest BCUT2D eigenvalue weighted by molar-refractivity contribution is -0.0699. The smallest absolute Gasteiger partial charge is 0.161 e. The highest BCUT2D eigenvalue weighted by Gasteiger charge is 2.41. The van der Waals surface area contributed by atoms with Gasteiger partial charge < -0.3 is 20.1 Å². The Hall–Kier alpha value is -2.22. The predicted octanol–water partition coefficient (Wildman–Crippen LogP) is 1.85. The molecule has 0 amide bonds. The van der Waals surface area contributed by atoms with Gasteiger partial charge in [-0.3, -0.25) is 4.90 Å². The number of morpholine rings is 1. The normalized spacial score (nSPS) is 27.0. The number of benzene rings is 1. The van der Waals surface area contributed by atoms with Crippen LogP contribution in [-0.2, 0) is 22.4 Å². The van der Waals surface area contributed by atoms with Crippen LogP contribution >= 0.6 is 0 Å². The first-order chi connectivity index (χ1) is 14.3. The van der Waals surface area contributed by atoms with Gasteiger partial charge in [0, 0.05) is 29.9 Å². The fraction of sp³-hybridized carbons (Fsp3) is 0.545. The molecular weight excluding hydrogens is 366 g/mol. The molecule has 3 fully saturated rings. The van der Waals surface area contributed by atoms with Gasteiger partial charge in [-0.2, -0.15) is 0 Å². The molecule has 4 aliphatic heterocycles. The van der Waals surface area contributed by atoms with Crippen LogP contribution in [0.2, 0.25) is 0 Å². The molecule has 4 aliphatic rings. The first-order valence-electron chi connectivity index (χ1n) is 10.7. The number of aromatic nitrogens is 2. The molecule has 2 aromatic rings. The predicted molar refractivity (Wildman–Crippen MR) is 111 cm³/mol. The molecule has 1 aromatic carbocycles. The van der Waals surface area contributed by atoms with Crippen molar-refractivity contribution in [1.82, 2.24) is 14.9 Å². The minimum atomic E-state index is 0.435. The summed E-state index contributed by atoms with van der Waals surface area (Å²) in [6, 6.07) is 9.29. The van der Waals surface area contributed by atoms with Crippen LogP contribution in [0.5, 0.6) is 0 Å². The van der Waals surface area contributed by atoms with Gasteiger partial charge >= 0.3 is 0 Å². The number of fused-ring (bicyclic) bond motifs is 3. The van der Waals surface area contributed by atoms with Gasteiger partial charge in [0.15, 0.2) is 5.82 Å². The van der Waals surface area contributed by atoms with Crippen molar-refractivity contribution < 1.29 is 9.47 Å². The zero-order chi connectivity index (χ0) is 19.4. The Morgan fingerprint density at radius 1 is 0.897 bits per heavy atom. The van der Waals surface area contributed by atoms with Crippen LogP contribution in [0, 0.1) is 0 Å². The molecule has 3 saturated heterocycles. The van der Waals surface area contributed by atoms with Gasteiger partial charge in [0.1, 0.15) is 5.82 Å². The number of nitrogens with two attached hydrogens (primary N) is 1. The van der Waals surface area contributed by atoms with E-state index in [1.54, 1.807) is 0 Å². The molecule has 2 unspecified atom stereocenters. The van der Waals surface area contributed by atoms with Crippen molar-refractivity contribution >= 4 is 11.5 Å². The molecule has 5 heterocycles.